The van der Waals surface area contributed by atoms with E-state index in [-0.39, 0.29) is 5.92 Å². The molecule has 0 radical (unpaired) electrons. The van der Waals surface area contributed by atoms with Gasteiger partial charge < -0.3 is 14.2 Å². The first kappa shape index (κ1) is 14.6. The number of allylic oxidation sites excluding steroid dienone is 2. The molecule has 0 bridgehead atoms. The van der Waals surface area contributed by atoms with E-state index in [0.717, 1.165) is 11.3 Å². The average Bonchev–Trinajstić information content (AvgIpc) is 2.53. The molecule has 1 aliphatic carbocycles. The van der Waals surface area contributed by atoms with Crippen LogP contribution in [0.15, 0.2) is 54.6 Å². The maximum absolute atomic E-state index is 5.54. The lowest BCUT2D eigenvalue weighted by atomic mass is 9.92. The number of benzene rings is 1. The van der Waals surface area contributed by atoms with E-state index in [0.29, 0.717) is 0 Å². The number of ether oxygens (including phenoxy) is 3. The van der Waals surface area contributed by atoms with Gasteiger partial charge in [0.1, 0.15) is 5.75 Å². The molecule has 3 heteroatoms. The lowest BCUT2D eigenvalue weighted by molar-refractivity contribution is -0.185. The molecule has 0 amide bonds. The van der Waals surface area contributed by atoms with Gasteiger partial charge in [0.15, 0.2) is 5.79 Å². The van der Waals surface area contributed by atoms with Crippen molar-refractivity contribution in [2.24, 2.45) is 5.92 Å². The summed E-state index contributed by atoms with van der Waals surface area (Å²) in [6, 6.07) is 7.91. The zero-order valence-corrected chi connectivity index (χ0v) is 12.1. The third-order valence-corrected chi connectivity index (χ3v) is 3.45. The van der Waals surface area contributed by atoms with E-state index in [1.165, 1.54) is 0 Å². The maximum atomic E-state index is 5.54. The van der Waals surface area contributed by atoms with Gasteiger partial charge in [-0.2, -0.15) is 0 Å². The molecule has 1 aromatic rings. The van der Waals surface area contributed by atoms with Crippen LogP contribution in [0.25, 0.3) is 6.08 Å². The van der Waals surface area contributed by atoms with E-state index in [1.54, 1.807) is 21.3 Å². The van der Waals surface area contributed by atoms with Crippen LogP contribution in [0.3, 0.4) is 0 Å². The fraction of sp³-hybridized carbons (Fsp3) is 0.294. The first-order valence-corrected chi connectivity index (χ1v) is 6.52. The van der Waals surface area contributed by atoms with Crippen molar-refractivity contribution in [2.45, 2.75) is 5.79 Å². The average molecular weight is 272 g/mol. The Labute approximate surface area is 120 Å². The highest BCUT2D eigenvalue weighted by molar-refractivity contribution is 5.53. The Morgan fingerprint density at radius 3 is 2.60 bits per heavy atom. The molecule has 0 saturated heterocycles. The SMILES string of the molecule is COc1cccc(C=CC2C=CC=CC2(OC)OC)c1. The molecule has 1 atom stereocenters. The van der Waals surface area contributed by atoms with Crippen molar-refractivity contribution in [3.8, 4) is 5.75 Å². The summed E-state index contributed by atoms with van der Waals surface area (Å²) in [4.78, 5) is 0. The monoisotopic (exact) mass is 272 g/mol. The van der Waals surface area contributed by atoms with E-state index in [4.69, 9.17) is 14.2 Å². The minimum Gasteiger partial charge on any atom is -0.497 e. The van der Waals surface area contributed by atoms with Gasteiger partial charge in [-0.1, -0.05) is 42.5 Å². The van der Waals surface area contributed by atoms with Crippen LogP contribution >= 0.6 is 0 Å². The topological polar surface area (TPSA) is 27.7 Å². The van der Waals surface area contributed by atoms with Gasteiger partial charge >= 0.3 is 0 Å². The summed E-state index contributed by atoms with van der Waals surface area (Å²) in [5, 5.41) is 0. The summed E-state index contributed by atoms with van der Waals surface area (Å²) in [6.07, 6.45) is 12.0. The Morgan fingerprint density at radius 2 is 1.90 bits per heavy atom. The van der Waals surface area contributed by atoms with Gasteiger partial charge in [0.25, 0.3) is 0 Å². The Kier molecular flexibility index (Phi) is 4.77. The van der Waals surface area contributed by atoms with Gasteiger partial charge in [0.05, 0.1) is 13.0 Å². The standard InChI is InChI=1S/C17H20O3/c1-18-16-9-6-7-14(13-16)10-11-15-8-4-5-12-17(15,19-2)20-3/h4-13,15H,1-3H3. The Bertz CT molecular complexity index is 525. The van der Waals surface area contributed by atoms with Gasteiger partial charge in [-0.3, -0.25) is 0 Å². The van der Waals surface area contributed by atoms with Crippen LogP contribution in [0.2, 0.25) is 0 Å². The lowest BCUT2D eigenvalue weighted by Gasteiger charge is -2.34. The van der Waals surface area contributed by atoms with Gasteiger partial charge in [0.2, 0.25) is 0 Å². The second kappa shape index (κ2) is 6.55. The van der Waals surface area contributed by atoms with E-state index < -0.39 is 5.79 Å². The molecule has 2 rings (SSSR count). The van der Waals surface area contributed by atoms with E-state index in [9.17, 15) is 0 Å². The third-order valence-electron chi connectivity index (χ3n) is 3.45. The van der Waals surface area contributed by atoms with Crippen molar-refractivity contribution in [1.29, 1.82) is 0 Å². The predicted molar refractivity (Wildman–Crippen MR) is 80.5 cm³/mol. The van der Waals surface area contributed by atoms with Crippen LogP contribution in [0.4, 0.5) is 0 Å². The van der Waals surface area contributed by atoms with Crippen LogP contribution < -0.4 is 4.74 Å². The molecule has 0 N–H and O–H groups in total. The van der Waals surface area contributed by atoms with Crippen LogP contribution in [-0.2, 0) is 9.47 Å². The summed E-state index contributed by atoms with van der Waals surface area (Å²) in [7, 11) is 4.97. The van der Waals surface area contributed by atoms with Crippen LogP contribution in [0, 0.1) is 5.92 Å². The number of hydrogen-bond donors (Lipinski definition) is 0. The summed E-state index contributed by atoms with van der Waals surface area (Å²) in [5.74, 6) is 0.133. The van der Waals surface area contributed by atoms with E-state index in [2.05, 4.69) is 12.2 Å². The molecule has 0 aliphatic heterocycles. The van der Waals surface area contributed by atoms with Crippen LogP contribution in [-0.4, -0.2) is 27.1 Å². The predicted octanol–water partition coefficient (Wildman–Crippen LogP) is 3.44. The fourth-order valence-corrected chi connectivity index (χ4v) is 2.27. The molecule has 20 heavy (non-hydrogen) atoms. The number of methoxy groups -OCH3 is 3. The first-order chi connectivity index (χ1) is 9.74. The van der Waals surface area contributed by atoms with Gasteiger partial charge in [-0.25, -0.2) is 0 Å². The van der Waals surface area contributed by atoms with Crippen molar-refractivity contribution < 1.29 is 14.2 Å². The second-order valence-electron chi connectivity index (χ2n) is 4.54. The van der Waals surface area contributed by atoms with Crippen molar-refractivity contribution in [2.75, 3.05) is 21.3 Å². The minimum absolute atomic E-state index is 0.0219. The van der Waals surface area contributed by atoms with Gasteiger partial charge in [0, 0.05) is 14.2 Å². The summed E-state index contributed by atoms with van der Waals surface area (Å²) in [5.41, 5.74) is 1.08. The summed E-state index contributed by atoms with van der Waals surface area (Å²) in [6.45, 7) is 0. The molecule has 3 nitrogen and oxygen atoms in total. The molecule has 1 unspecified atom stereocenters. The molecule has 106 valence electrons. The van der Waals surface area contributed by atoms with E-state index in [1.807, 2.05) is 48.6 Å². The molecule has 0 saturated carbocycles. The van der Waals surface area contributed by atoms with Crippen molar-refractivity contribution in [1.82, 2.24) is 0 Å². The Morgan fingerprint density at radius 1 is 1.10 bits per heavy atom. The van der Waals surface area contributed by atoms with Gasteiger partial charge in [-0.15, -0.1) is 0 Å². The molecule has 0 heterocycles. The van der Waals surface area contributed by atoms with Gasteiger partial charge in [-0.05, 0) is 23.8 Å². The molecular weight excluding hydrogens is 252 g/mol. The van der Waals surface area contributed by atoms with Crippen LogP contribution in [0.1, 0.15) is 5.56 Å². The third kappa shape index (κ3) is 3.00. The second-order valence-corrected chi connectivity index (χ2v) is 4.54. The normalized spacial score (nSPS) is 20.4. The highest BCUT2D eigenvalue weighted by atomic mass is 16.7. The summed E-state index contributed by atoms with van der Waals surface area (Å²) >= 11 is 0. The molecular formula is C17H20O3. The van der Waals surface area contributed by atoms with Crippen LogP contribution in [0.5, 0.6) is 5.75 Å². The van der Waals surface area contributed by atoms with Crippen molar-refractivity contribution >= 4 is 6.08 Å². The Balaban J connectivity index is 2.20. The van der Waals surface area contributed by atoms with E-state index >= 15 is 0 Å². The number of hydrogen-bond acceptors (Lipinski definition) is 3. The molecule has 1 aromatic carbocycles. The maximum Gasteiger partial charge on any atom is 0.197 e. The largest absolute Gasteiger partial charge is 0.497 e. The highest BCUT2D eigenvalue weighted by Crippen LogP contribution is 2.30. The number of rotatable bonds is 5. The van der Waals surface area contributed by atoms with Crippen molar-refractivity contribution in [3.63, 3.8) is 0 Å². The zero-order valence-electron chi connectivity index (χ0n) is 12.1. The summed E-state index contributed by atoms with van der Waals surface area (Å²) < 4.78 is 16.3. The van der Waals surface area contributed by atoms with Crippen molar-refractivity contribution in [3.05, 3.63) is 60.2 Å². The molecule has 0 spiro atoms. The minimum atomic E-state index is -0.732. The fourth-order valence-electron chi connectivity index (χ4n) is 2.27. The highest BCUT2D eigenvalue weighted by Gasteiger charge is 2.34. The molecule has 0 fully saturated rings. The zero-order chi connectivity index (χ0) is 14.4. The molecule has 0 aromatic heterocycles. The quantitative estimate of drug-likeness (QED) is 0.768. The smallest absolute Gasteiger partial charge is 0.197 e. The Hall–Kier alpha value is -1.84. The molecule has 1 aliphatic rings. The first-order valence-electron chi connectivity index (χ1n) is 6.52. The lowest BCUT2D eigenvalue weighted by Crippen LogP contribution is -2.39.